The molecule has 0 aromatic heterocycles. The highest BCUT2D eigenvalue weighted by Gasteiger charge is 2.18. The predicted molar refractivity (Wildman–Crippen MR) is 76.8 cm³/mol. The Balaban J connectivity index is 2.96. The fraction of sp³-hybridized carbons (Fsp3) is 0.467. The summed E-state index contributed by atoms with van der Waals surface area (Å²) in [7, 11) is 0. The molecule has 0 bridgehead atoms. The number of hydrogen-bond donors (Lipinski definition) is 1. The monoisotopic (exact) mass is 276 g/mol. The van der Waals surface area contributed by atoms with Gasteiger partial charge in [-0.1, -0.05) is 0 Å². The molecule has 0 unspecified atom stereocenters. The molecule has 0 heterocycles. The van der Waals surface area contributed by atoms with Gasteiger partial charge in [0.15, 0.2) is 0 Å². The van der Waals surface area contributed by atoms with E-state index in [0.29, 0.717) is 17.0 Å². The van der Waals surface area contributed by atoms with Crippen molar-refractivity contribution in [1.29, 1.82) is 5.26 Å². The number of nitrogens with one attached hydrogen (secondary N) is 1. The first-order valence-corrected chi connectivity index (χ1v) is 6.42. The number of hydrogen-bond acceptors (Lipinski definition) is 4. The summed E-state index contributed by atoms with van der Waals surface area (Å²) >= 11 is 0. The summed E-state index contributed by atoms with van der Waals surface area (Å²) in [6, 6.07) is 6.87. The SMILES string of the molecule is CC(C)Oc1ccc(C#N)cc1NC(=O)OC(C)(C)C. The van der Waals surface area contributed by atoms with Crippen LogP contribution in [0.5, 0.6) is 5.75 Å². The lowest BCUT2D eigenvalue weighted by Gasteiger charge is -2.21. The van der Waals surface area contributed by atoms with Crippen molar-refractivity contribution in [2.45, 2.75) is 46.3 Å². The fourth-order valence-corrected chi connectivity index (χ4v) is 1.47. The number of carbonyl (C=O) groups excluding carboxylic acids is 1. The molecule has 1 rings (SSSR count). The average molecular weight is 276 g/mol. The molecule has 108 valence electrons. The van der Waals surface area contributed by atoms with Crippen molar-refractivity contribution < 1.29 is 14.3 Å². The van der Waals surface area contributed by atoms with Crippen LogP contribution < -0.4 is 10.1 Å². The highest BCUT2D eigenvalue weighted by molar-refractivity contribution is 5.87. The number of carbonyl (C=O) groups is 1. The fourth-order valence-electron chi connectivity index (χ4n) is 1.47. The van der Waals surface area contributed by atoms with Gasteiger partial charge < -0.3 is 9.47 Å². The van der Waals surface area contributed by atoms with Crippen LogP contribution in [0, 0.1) is 11.3 Å². The Kier molecular flexibility index (Phi) is 4.98. The largest absolute Gasteiger partial charge is 0.489 e. The van der Waals surface area contributed by atoms with E-state index in [0.717, 1.165) is 0 Å². The molecular weight excluding hydrogens is 256 g/mol. The Morgan fingerprint density at radius 2 is 2.00 bits per heavy atom. The molecule has 1 N–H and O–H groups in total. The topological polar surface area (TPSA) is 71.3 Å². The molecule has 0 aliphatic rings. The molecule has 20 heavy (non-hydrogen) atoms. The number of ether oxygens (including phenoxy) is 2. The van der Waals surface area contributed by atoms with Crippen LogP contribution in [-0.2, 0) is 4.74 Å². The zero-order valence-corrected chi connectivity index (χ0v) is 12.5. The van der Waals surface area contributed by atoms with Gasteiger partial charge in [0.25, 0.3) is 0 Å². The van der Waals surface area contributed by atoms with Crippen LogP contribution >= 0.6 is 0 Å². The molecular formula is C15H20N2O3. The van der Waals surface area contributed by atoms with Gasteiger partial charge in [0.05, 0.1) is 23.4 Å². The summed E-state index contributed by atoms with van der Waals surface area (Å²) in [5, 5.41) is 11.5. The molecule has 0 fully saturated rings. The van der Waals surface area contributed by atoms with Gasteiger partial charge in [-0.15, -0.1) is 0 Å². The second-order valence-corrected chi connectivity index (χ2v) is 5.62. The van der Waals surface area contributed by atoms with Gasteiger partial charge in [-0.25, -0.2) is 4.79 Å². The van der Waals surface area contributed by atoms with E-state index in [4.69, 9.17) is 14.7 Å². The third-order valence-electron chi connectivity index (χ3n) is 2.11. The normalized spacial score (nSPS) is 10.8. The number of nitriles is 1. The number of anilines is 1. The third-order valence-corrected chi connectivity index (χ3v) is 2.11. The lowest BCUT2D eigenvalue weighted by atomic mass is 10.2. The zero-order chi connectivity index (χ0) is 15.3. The molecule has 0 aliphatic carbocycles. The number of benzene rings is 1. The Bertz CT molecular complexity index is 525. The highest BCUT2D eigenvalue weighted by Crippen LogP contribution is 2.27. The Morgan fingerprint density at radius 1 is 1.35 bits per heavy atom. The molecule has 0 aliphatic heterocycles. The van der Waals surface area contributed by atoms with Crippen molar-refractivity contribution >= 4 is 11.8 Å². The molecule has 1 amide bonds. The molecule has 5 nitrogen and oxygen atoms in total. The van der Waals surface area contributed by atoms with Crippen LogP contribution in [0.3, 0.4) is 0 Å². The summed E-state index contributed by atoms with van der Waals surface area (Å²) in [5.74, 6) is 0.504. The van der Waals surface area contributed by atoms with Gasteiger partial charge in [-0.05, 0) is 52.8 Å². The van der Waals surface area contributed by atoms with E-state index in [-0.39, 0.29) is 6.10 Å². The highest BCUT2D eigenvalue weighted by atomic mass is 16.6. The number of amides is 1. The second-order valence-electron chi connectivity index (χ2n) is 5.62. The van der Waals surface area contributed by atoms with Gasteiger partial charge >= 0.3 is 6.09 Å². The van der Waals surface area contributed by atoms with Gasteiger partial charge in [0.1, 0.15) is 11.4 Å². The Morgan fingerprint density at radius 3 is 2.50 bits per heavy atom. The van der Waals surface area contributed by atoms with Gasteiger partial charge in [0, 0.05) is 0 Å². The van der Waals surface area contributed by atoms with E-state index >= 15 is 0 Å². The van der Waals surface area contributed by atoms with Crippen molar-refractivity contribution in [3.05, 3.63) is 23.8 Å². The van der Waals surface area contributed by atoms with Gasteiger partial charge in [-0.2, -0.15) is 5.26 Å². The second kappa shape index (κ2) is 6.29. The molecule has 1 aromatic carbocycles. The third kappa shape index (κ3) is 5.19. The molecule has 0 saturated carbocycles. The molecule has 0 saturated heterocycles. The predicted octanol–water partition coefficient (Wildman–Crippen LogP) is 3.69. The Labute approximate surface area is 119 Å². The van der Waals surface area contributed by atoms with E-state index in [2.05, 4.69) is 5.32 Å². The van der Waals surface area contributed by atoms with Crippen LogP contribution in [-0.4, -0.2) is 17.8 Å². The minimum absolute atomic E-state index is 0.0397. The van der Waals surface area contributed by atoms with Crippen molar-refractivity contribution in [3.8, 4) is 11.8 Å². The van der Waals surface area contributed by atoms with Crippen LogP contribution in [0.1, 0.15) is 40.2 Å². The lowest BCUT2D eigenvalue weighted by Crippen LogP contribution is -2.27. The molecule has 0 spiro atoms. The first kappa shape index (κ1) is 15.8. The van der Waals surface area contributed by atoms with E-state index in [1.807, 2.05) is 19.9 Å². The minimum Gasteiger partial charge on any atom is -0.489 e. The smallest absolute Gasteiger partial charge is 0.412 e. The van der Waals surface area contributed by atoms with Crippen LogP contribution in [0.15, 0.2) is 18.2 Å². The molecule has 5 heteroatoms. The lowest BCUT2D eigenvalue weighted by molar-refractivity contribution is 0.0635. The Hall–Kier alpha value is -2.22. The summed E-state index contributed by atoms with van der Waals surface area (Å²) in [5.41, 5.74) is 0.273. The van der Waals surface area contributed by atoms with Crippen molar-refractivity contribution in [1.82, 2.24) is 0 Å². The molecule has 1 aromatic rings. The van der Waals surface area contributed by atoms with Crippen molar-refractivity contribution in [2.24, 2.45) is 0 Å². The maximum absolute atomic E-state index is 11.8. The minimum atomic E-state index is -0.587. The summed E-state index contributed by atoms with van der Waals surface area (Å²) in [6.07, 6.45) is -0.622. The standard InChI is InChI=1S/C15H20N2O3/c1-10(2)19-13-7-6-11(9-16)8-12(13)17-14(18)20-15(3,4)5/h6-8,10H,1-5H3,(H,17,18). The van der Waals surface area contributed by atoms with Crippen molar-refractivity contribution in [2.75, 3.05) is 5.32 Å². The van der Waals surface area contributed by atoms with E-state index in [1.54, 1.807) is 39.0 Å². The van der Waals surface area contributed by atoms with Gasteiger partial charge in [-0.3, -0.25) is 5.32 Å². The number of rotatable bonds is 3. The van der Waals surface area contributed by atoms with E-state index < -0.39 is 11.7 Å². The zero-order valence-electron chi connectivity index (χ0n) is 12.5. The summed E-state index contributed by atoms with van der Waals surface area (Å²) in [4.78, 5) is 11.8. The van der Waals surface area contributed by atoms with E-state index in [1.165, 1.54) is 0 Å². The van der Waals surface area contributed by atoms with Gasteiger partial charge in [0.2, 0.25) is 0 Å². The van der Waals surface area contributed by atoms with Crippen LogP contribution in [0.2, 0.25) is 0 Å². The van der Waals surface area contributed by atoms with Crippen LogP contribution in [0.25, 0.3) is 0 Å². The summed E-state index contributed by atoms with van der Waals surface area (Å²) in [6.45, 7) is 9.11. The first-order valence-electron chi connectivity index (χ1n) is 6.42. The summed E-state index contributed by atoms with van der Waals surface area (Å²) < 4.78 is 10.8. The maximum Gasteiger partial charge on any atom is 0.412 e. The maximum atomic E-state index is 11.8. The van der Waals surface area contributed by atoms with Crippen LogP contribution in [0.4, 0.5) is 10.5 Å². The molecule has 0 radical (unpaired) electrons. The average Bonchev–Trinajstić information content (AvgIpc) is 2.28. The number of nitrogens with zero attached hydrogens (tertiary/aromatic N) is 1. The first-order chi connectivity index (χ1) is 9.21. The molecule has 0 atom stereocenters. The van der Waals surface area contributed by atoms with Crippen molar-refractivity contribution in [3.63, 3.8) is 0 Å². The quantitative estimate of drug-likeness (QED) is 0.913. The van der Waals surface area contributed by atoms with E-state index in [9.17, 15) is 4.79 Å².